The molecule has 1 aliphatic rings. The number of nitrogens with zero attached hydrogens (tertiary/aromatic N) is 5. The van der Waals surface area contributed by atoms with Crippen LogP contribution in [-0.2, 0) is 17.9 Å². The first-order valence-corrected chi connectivity index (χ1v) is 12.0. The third-order valence-corrected chi connectivity index (χ3v) is 6.64. The van der Waals surface area contributed by atoms with Crippen molar-refractivity contribution in [2.45, 2.75) is 45.2 Å². The van der Waals surface area contributed by atoms with Gasteiger partial charge in [0.15, 0.2) is 11.5 Å². The molecule has 3 heterocycles. The van der Waals surface area contributed by atoms with Gasteiger partial charge in [0.05, 0.1) is 17.6 Å². The van der Waals surface area contributed by atoms with Gasteiger partial charge < -0.3 is 5.32 Å². The molecule has 1 aliphatic carbocycles. The minimum atomic E-state index is -2.67. The lowest BCUT2D eigenvalue weighted by atomic mass is 10.1. The predicted molar refractivity (Wildman–Crippen MR) is 131 cm³/mol. The Morgan fingerprint density at radius 3 is 2.63 bits per heavy atom. The maximum atomic E-state index is 13.8. The van der Waals surface area contributed by atoms with Gasteiger partial charge in [0, 0.05) is 33.4 Å². The van der Waals surface area contributed by atoms with Crippen molar-refractivity contribution in [3.8, 4) is 0 Å². The third kappa shape index (κ3) is 4.98. The molecular weight excluding hydrogens is 521 g/mol. The average molecular weight is 540 g/mol. The van der Waals surface area contributed by atoms with Gasteiger partial charge in [0.1, 0.15) is 11.6 Å². The molecule has 0 bridgehead atoms. The largest absolute Gasteiger partial charge is 0.306 e. The van der Waals surface area contributed by atoms with Gasteiger partial charge in [-0.25, -0.2) is 18.4 Å². The van der Waals surface area contributed by atoms with Crippen LogP contribution >= 0.6 is 34.8 Å². The van der Waals surface area contributed by atoms with Crippen molar-refractivity contribution >= 4 is 57.6 Å². The maximum absolute atomic E-state index is 13.8. The molecule has 0 unspecified atom stereocenters. The number of amides is 1. The van der Waals surface area contributed by atoms with E-state index >= 15 is 0 Å². The van der Waals surface area contributed by atoms with Gasteiger partial charge in [-0.1, -0.05) is 40.9 Å². The Morgan fingerprint density at radius 1 is 1.17 bits per heavy atom. The second-order valence-corrected chi connectivity index (χ2v) is 9.71. The van der Waals surface area contributed by atoms with Crippen LogP contribution in [0.4, 0.5) is 14.6 Å². The molecule has 1 N–H and O–H groups in total. The molecule has 0 spiro atoms. The standard InChI is InChI=1S/C23H19Cl3F2N6O/c1-11-20-15(21(27)28)7-18(12-2-3-12)29-23(20)34(31-11)10-19(35)30-22-17(26)9-33(32-22)8-13-4-5-14(24)6-16(13)25/h4-7,9,12,21H,2-3,8,10H2,1H3,(H,30,32,35). The molecule has 4 aromatic rings. The van der Waals surface area contributed by atoms with E-state index < -0.39 is 12.3 Å². The van der Waals surface area contributed by atoms with Crippen molar-refractivity contribution in [2.24, 2.45) is 0 Å². The van der Waals surface area contributed by atoms with Gasteiger partial charge in [-0.05, 0) is 43.5 Å². The van der Waals surface area contributed by atoms with E-state index in [9.17, 15) is 13.6 Å². The zero-order valence-corrected chi connectivity index (χ0v) is 20.7. The number of nitrogens with one attached hydrogen (secondary N) is 1. The topological polar surface area (TPSA) is 77.6 Å². The van der Waals surface area contributed by atoms with Crippen molar-refractivity contribution < 1.29 is 13.6 Å². The van der Waals surface area contributed by atoms with E-state index in [2.05, 4.69) is 20.5 Å². The van der Waals surface area contributed by atoms with Gasteiger partial charge >= 0.3 is 0 Å². The van der Waals surface area contributed by atoms with Gasteiger partial charge in [0.25, 0.3) is 6.43 Å². The molecule has 1 aromatic carbocycles. The number of halogens is 5. The number of carbonyl (C=O) groups excluding carboxylic acids is 1. The number of aromatic nitrogens is 5. The molecule has 1 fully saturated rings. The second-order valence-electron chi connectivity index (χ2n) is 8.46. The van der Waals surface area contributed by atoms with Crippen molar-refractivity contribution in [3.05, 3.63) is 68.0 Å². The summed E-state index contributed by atoms with van der Waals surface area (Å²) < 4.78 is 30.4. The summed E-state index contributed by atoms with van der Waals surface area (Å²) in [7, 11) is 0. The molecule has 1 amide bonds. The highest BCUT2D eigenvalue weighted by Gasteiger charge is 2.29. The van der Waals surface area contributed by atoms with Gasteiger partial charge in [-0.15, -0.1) is 0 Å². The first-order valence-electron chi connectivity index (χ1n) is 10.8. The predicted octanol–water partition coefficient (Wildman–Crippen LogP) is 6.40. The fraction of sp³-hybridized carbons (Fsp3) is 0.304. The summed E-state index contributed by atoms with van der Waals surface area (Å²) in [6, 6.07) is 6.59. The molecule has 182 valence electrons. The zero-order valence-electron chi connectivity index (χ0n) is 18.4. The number of hydrogen-bond acceptors (Lipinski definition) is 4. The first-order chi connectivity index (χ1) is 16.7. The molecule has 5 rings (SSSR count). The molecule has 0 aliphatic heterocycles. The van der Waals surface area contributed by atoms with Gasteiger partial charge in [-0.2, -0.15) is 10.2 Å². The highest BCUT2D eigenvalue weighted by molar-refractivity contribution is 6.35. The Kier molecular flexibility index (Phi) is 6.41. The number of pyridine rings is 1. The number of rotatable bonds is 7. The van der Waals surface area contributed by atoms with Crippen molar-refractivity contribution in [2.75, 3.05) is 5.32 Å². The number of aryl methyl sites for hydroxylation is 1. The molecule has 0 saturated heterocycles. The number of benzene rings is 1. The van der Waals surface area contributed by atoms with Crippen molar-refractivity contribution in [1.29, 1.82) is 0 Å². The summed E-state index contributed by atoms with van der Waals surface area (Å²) in [5.41, 5.74) is 1.94. The van der Waals surface area contributed by atoms with Crippen LogP contribution in [0.3, 0.4) is 0 Å². The average Bonchev–Trinajstić information content (AvgIpc) is 3.53. The summed E-state index contributed by atoms with van der Waals surface area (Å²) in [6.07, 6.45) is 0.725. The molecule has 1 saturated carbocycles. The molecular formula is C23H19Cl3F2N6O. The molecule has 7 nitrogen and oxygen atoms in total. The molecule has 35 heavy (non-hydrogen) atoms. The Morgan fingerprint density at radius 2 is 1.94 bits per heavy atom. The van der Waals surface area contributed by atoms with E-state index in [1.54, 1.807) is 36.0 Å². The lowest BCUT2D eigenvalue weighted by Gasteiger charge is -2.08. The van der Waals surface area contributed by atoms with Crippen LogP contribution in [0.2, 0.25) is 15.1 Å². The Labute approximate surface area is 214 Å². The highest BCUT2D eigenvalue weighted by Crippen LogP contribution is 2.42. The summed E-state index contributed by atoms with van der Waals surface area (Å²) in [5, 5.41) is 12.8. The lowest BCUT2D eigenvalue weighted by molar-refractivity contribution is -0.116. The number of fused-ring (bicyclic) bond motifs is 1. The number of carbonyl (C=O) groups is 1. The fourth-order valence-electron chi connectivity index (χ4n) is 3.97. The van der Waals surface area contributed by atoms with E-state index in [4.69, 9.17) is 34.8 Å². The minimum Gasteiger partial charge on any atom is -0.306 e. The molecule has 0 atom stereocenters. The van der Waals surface area contributed by atoms with Crippen LogP contribution < -0.4 is 5.32 Å². The number of anilines is 1. The number of alkyl halides is 2. The molecule has 3 aromatic heterocycles. The van der Waals surface area contributed by atoms with Crippen LogP contribution in [0, 0.1) is 6.92 Å². The summed E-state index contributed by atoms with van der Waals surface area (Å²) in [4.78, 5) is 17.4. The maximum Gasteiger partial charge on any atom is 0.264 e. The fourth-order valence-corrected chi connectivity index (χ4v) is 4.64. The summed E-state index contributed by atoms with van der Waals surface area (Å²) in [6.45, 7) is 1.71. The third-order valence-electron chi connectivity index (χ3n) is 5.77. The lowest BCUT2D eigenvalue weighted by Crippen LogP contribution is -2.20. The Hall–Kier alpha value is -2.75. The van der Waals surface area contributed by atoms with Crippen LogP contribution in [0.25, 0.3) is 11.0 Å². The SMILES string of the molecule is Cc1nn(CC(=O)Nc2nn(Cc3ccc(Cl)cc3Cl)cc2Cl)c2nc(C3CC3)cc(C(F)F)c12. The monoisotopic (exact) mass is 538 g/mol. The normalized spacial score (nSPS) is 13.7. The van der Waals surface area contributed by atoms with E-state index in [-0.39, 0.29) is 39.9 Å². The summed E-state index contributed by atoms with van der Waals surface area (Å²) in [5.74, 6) is -0.135. The van der Waals surface area contributed by atoms with Crippen LogP contribution in [-0.4, -0.2) is 30.5 Å². The first kappa shape index (κ1) is 24.0. The van der Waals surface area contributed by atoms with Crippen molar-refractivity contribution in [1.82, 2.24) is 24.5 Å². The van der Waals surface area contributed by atoms with Crippen LogP contribution in [0.15, 0.2) is 30.5 Å². The van der Waals surface area contributed by atoms with E-state index in [0.717, 1.165) is 18.4 Å². The van der Waals surface area contributed by atoms with Gasteiger partial charge in [0.2, 0.25) is 5.91 Å². The van der Waals surface area contributed by atoms with Crippen LogP contribution in [0.1, 0.15) is 47.7 Å². The van der Waals surface area contributed by atoms with Crippen LogP contribution in [0.5, 0.6) is 0 Å². The van der Waals surface area contributed by atoms with E-state index in [1.165, 1.54) is 10.7 Å². The highest BCUT2D eigenvalue weighted by atomic mass is 35.5. The molecule has 12 heteroatoms. The Bertz CT molecular complexity index is 1450. The Balaban J connectivity index is 1.36. The summed E-state index contributed by atoms with van der Waals surface area (Å²) >= 11 is 18.4. The minimum absolute atomic E-state index is 0.108. The van der Waals surface area contributed by atoms with E-state index in [0.29, 0.717) is 28.0 Å². The molecule has 0 radical (unpaired) electrons. The van der Waals surface area contributed by atoms with E-state index in [1.807, 2.05) is 0 Å². The number of hydrogen-bond donors (Lipinski definition) is 1. The quantitative estimate of drug-likeness (QED) is 0.295. The smallest absolute Gasteiger partial charge is 0.264 e. The second kappa shape index (κ2) is 9.37. The van der Waals surface area contributed by atoms with Gasteiger partial charge in [-0.3, -0.25) is 9.48 Å². The van der Waals surface area contributed by atoms with Crippen molar-refractivity contribution in [3.63, 3.8) is 0 Å². The zero-order chi connectivity index (χ0) is 24.9.